The van der Waals surface area contributed by atoms with Crippen LogP contribution in [0, 0.1) is 0 Å². The molecule has 10 heteroatoms. The number of ether oxygens (including phenoxy) is 1. The van der Waals surface area contributed by atoms with Crippen LogP contribution in [0.5, 0.6) is 0 Å². The summed E-state index contributed by atoms with van der Waals surface area (Å²) < 4.78 is 7.35. The average molecular weight is 409 g/mol. The van der Waals surface area contributed by atoms with Gasteiger partial charge in [0.05, 0.1) is 30.6 Å². The molecule has 0 saturated carbocycles. The molecule has 1 aromatic heterocycles. The van der Waals surface area contributed by atoms with Crippen molar-refractivity contribution in [3.05, 3.63) is 12.4 Å². The molecule has 0 radical (unpaired) electrons. The number of nitrogens with one attached hydrogen (secondary N) is 2. The standard InChI is InChI=1S/C19H32N6O4/c1-13(26)21-14-8-20-25(9-14)15-7-16(11-29-12-17(27)23(5)6)24(10-15)18(28)22-19(2,3)4/h8-9,15-16H,7,10-12H2,1-6H3,(H,21,26)(H,22,28)/t15-,16-/m0/s1. The number of carbonyl (C=O) groups excluding carboxylic acids is 3. The van der Waals surface area contributed by atoms with Crippen molar-refractivity contribution in [1.82, 2.24) is 24.9 Å². The molecule has 2 rings (SSSR count). The first-order valence-corrected chi connectivity index (χ1v) is 9.64. The molecule has 1 fully saturated rings. The molecule has 2 N–H and O–H groups in total. The van der Waals surface area contributed by atoms with Crippen molar-refractivity contribution in [2.75, 3.05) is 39.2 Å². The fourth-order valence-electron chi connectivity index (χ4n) is 3.10. The minimum atomic E-state index is -0.369. The molecule has 2 heterocycles. The van der Waals surface area contributed by atoms with Crippen molar-refractivity contribution in [3.8, 4) is 0 Å². The Morgan fingerprint density at radius 1 is 1.31 bits per heavy atom. The largest absolute Gasteiger partial charge is 0.369 e. The highest BCUT2D eigenvalue weighted by Crippen LogP contribution is 2.28. The minimum absolute atomic E-state index is 0.0304. The molecule has 0 spiro atoms. The quantitative estimate of drug-likeness (QED) is 0.732. The normalized spacial score (nSPS) is 19.2. The number of anilines is 1. The predicted molar refractivity (Wildman–Crippen MR) is 108 cm³/mol. The molecule has 1 aliphatic heterocycles. The lowest BCUT2D eigenvalue weighted by molar-refractivity contribution is -0.134. The summed E-state index contributed by atoms with van der Waals surface area (Å²) in [5.41, 5.74) is 0.241. The third kappa shape index (κ3) is 6.74. The van der Waals surface area contributed by atoms with Crippen LogP contribution in [-0.2, 0) is 14.3 Å². The second-order valence-corrected chi connectivity index (χ2v) is 8.57. The summed E-state index contributed by atoms with van der Waals surface area (Å²) in [5, 5.41) is 10.0. The average Bonchev–Trinajstić information content (AvgIpc) is 3.19. The zero-order valence-electron chi connectivity index (χ0n) is 18.1. The van der Waals surface area contributed by atoms with E-state index in [9.17, 15) is 14.4 Å². The Balaban J connectivity index is 2.08. The van der Waals surface area contributed by atoms with E-state index < -0.39 is 0 Å². The van der Waals surface area contributed by atoms with Gasteiger partial charge in [-0.1, -0.05) is 0 Å². The molecule has 4 amide bonds. The fourth-order valence-corrected chi connectivity index (χ4v) is 3.10. The van der Waals surface area contributed by atoms with Gasteiger partial charge in [-0.05, 0) is 27.2 Å². The van der Waals surface area contributed by atoms with Gasteiger partial charge in [-0.15, -0.1) is 0 Å². The molecule has 1 aromatic rings. The first kappa shape index (κ1) is 22.7. The maximum Gasteiger partial charge on any atom is 0.318 e. The van der Waals surface area contributed by atoms with Gasteiger partial charge in [-0.2, -0.15) is 5.10 Å². The van der Waals surface area contributed by atoms with Crippen molar-refractivity contribution in [2.24, 2.45) is 0 Å². The molecule has 2 atom stereocenters. The van der Waals surface area contributed by atoms with Crippen LogP contribution in [0.25, 0.3) is 0 Å². The van der Waals surface area contributed by atoms with Gasteiger partial charge in [0, 0.05) is 39.3 Å². The number of likely N-dealkylation sites (N-methyl/N-ethyl adjacent to an activating group) is 1. The first-order valence-electron chi connectivity index (χ1n) is 9.64. The van der Waals surface area contributed by atoms with Gasteiger partial charge in [-0.3, -0.25) is 14.3 Å². The maximum absolute atomic E-state index is 12.8. The number of amides is 4. The molecule has 0 bridgehead atoms. The van der Waals surface area contributed by atoms with Crippen LogP contribution in [-0.4, -0.2) is 82.9 Å². The summed E-state index contributed by atoms with van der Waals surface area (Å²) in [6, 6.07) is -0.422. The Bertz CT molecular complexity index is 739. The third-order valence-corrected chi connectivity index (χ3v) is 4.47. The smallest absolute Gasteiger partial charge is 0.318 e. The van der Waals surface area contributed by atoms with Crippen LogP contribution in [0.1, 0.15) is 40.2 Å². The van der Waals surface area contributed by atoms with E-state index in [4.69, 9.17) is 4.74 Å². The van der Waals surface area contributed by atoms with E-state index in [-0.39, 0.29) is 48.7 Å². The summed E-state index contributed by atoms with van der Waals surface area (Å²) in [4.78, 5) is 39.0. The summed E-state index contributed by atoms with van der Waals surface area (Å²) >= 11 is 0. The third-order valence-electron chi connectivity index (χ3n) is 4.47. The van der Waals surface area contributed by atoms with Crippen molar-refractivity contribution < 1.29 is 19.1 Å². The van der Waals surface area contributed by atoms with E-state index in [0.29, 0.717) is 18.7 Å². The molecule has 29 heavy (non-hydrogen) atoms. The Kier molecular flexibility index (Phi) is 7.23. The van der Waals surface area contributed by atoms with Crippen LogP contribution < -0.4 is 10.6 Å². The molecule has 1 saturated heterocycles. The molecule has 0 aliphatic carbocycles. The second kappa shape index (κ2) is 9.25. The van der Waals surface area contributed by atoms with Gasteiger partial charge < -0.3 is 25.2 Å². The van der Waals surface area contributed by atoms with Gasteiger partial charge in [0.2, 0.25) is 11.8 Å². The minimum Gasteiger partial charge on any atom is -0.369 e. The first-order chi connectivity index (χ1) is 13.5. The van der Waals surface area contributed by atoms with Crippen LogP contribution in [0.4, 0.5) is 10.5 Å². The van der Waals surface area contributed by atoms with E-state index in [0.717, 1.165) is 0 Å². The predicted octanol–water partition coefficient (Wildman–Crippen LogP) is 1.07. The Morgan fingerprint density at radius 2 is 2.00 bits per heavy atom. The number of aromatic nitrogens is 2. The van der Waals surface area contributed by atoms with Crippen molar-refractivity contribution in [2.45, 2.75) is 51.7 Å². The van der Waals surface area contributed by atoms with Gasteiger partial charge in [-0.25, -0.2) is 4.79 Å². The molecule has 0 unspecified atom stereocenters. The molecule has 10 nitrogen and oxygen atoms in total. The number of hydrogen-bond donors (Lipinski definition) is 2. The summed E-state index contributed by atoms with van der Waals surface area (Å²) in [6.07, 6.45) is 3.97. The zero-order chi connectivity index (χ0) is 21.8. The monoisotopic (exact) mass is 408 g/mol. The number of carbonyl (C=O) groups is 3. The van der Waals surface area contributed by atoms with Crippen LogP contribution in [0.2, 0.25) is 0 Å². The Morgan fingerprint density at radius 3 is 2.59 bits per heavy atom. The summed E-state index contributed by atoms with van der Waals surface area (Å²) in [7, 11) is 3.34. The molecule has 162 valence electrons. The molecular formula is C19H32N6O4. The van der Waals surface area contributed by atoms with E-state index in [2.05, 4.69) is 15.7 Å². The number of likely N-dealkylation sites (tertiary alicyclic amines) is 1. The Hall–Kier alpha value is -2.62. The zero-order valence-corrected chi connectivity index (χ0v) is 18.1. The number of nitrogens with zero attached hydrogens (tertiary/aromatic N) is 4. The van der Waals surface area contributed by atoms with Crippen molar-refractivity contribution in [1.29, 1.82) is 0 Å². The lowest BCUT2D eigenvalue weighted by atomic mass is 10.1. The molecule has 0 aromatic carbocycles. The van der Waals surface area contributed by atoms with Crippen molar-refractivity contribution >= 4 is 23.5 Å². The molecule has 1 aliphatic rings. The van der Waals surface area contributed by atoms with E-state index in [1.165, 1.54) is 11.8 Å². The summed E-state index contributed by atoms with van der Waals surface area (Å²) in [6.45, 7) is 7.89. The number of rotatable bonds is 6. The van der Waals surface area contributed by atoms with Crippen LogP contribution >= 0.6 is 0 Å². The van der Waals surface area contributed by atoms with Gasteiger partial charge in [0.1, 0.15) is 6.61 Å². The highest BCUT2D eigenvalue weighted by molar-refractivity contribution is 5.88. The van der Waals surface area contributed by atoms with Gasteiger partial charge in [0.25, 0.3) is 0 Å². The molecular weight excluding hydrogens is 376 g/mol. The van der Waals surface area contributed by atoms with E-state index in [1.807, 2.05) is 20.8 Å². The highest BCUT2D eigenvalue weighted by atomic mass is 16.5. The lowest BCUT2D eigenvalue weighted by Gasteiger charge is -2.29. The number of hydrogen-bond acceptors (Lipinski definition) is 5. The maximum atomic E-state index is 12.8. The van der Waals surface area contributed by atoms with Crippen molar-refractivity contribution in [3.63, 3.8) is 0 Å². The lowest BCUT2D eigenvalue weighted by Crippen LogP contribution is -2.51. The summed E-state index contributed by atoms with van der Waals surface area (Å²) in [5.74, 6) is -0.295. The van der Waals surface area contributed by atoms with Gasteiger partial charge in [0.15, 0.2) is 0 Å². The highest BCUT2D eigenvalue weighted by Gasteiger charge is 2.37. The number of urea groups is 1. The van der Waals surface area contributed by atoms with Crippen LogP contribution in [0.3, 0.4) is 0 Å². The van der Waals surface area contributed by atoms with Crippen LogP contribution in [0.15, 0.2) is 12.4 Å². The van der Waals surface area contributed by atoms with Gasteiger partial charge >= 0.3 is 6.03 Å². The van der Waals surface area contributed by atoms with E-state index in [1.54, 1.807) is 36.1 Å². The SMILES string of the molecule is CC(=O)Nc1cnn([C@H]2C[C@@H](COCC(=O)N(C)C)N(C(=O)NC(C)(C)C)C2)c1. The topological polar surface area (TPSA) is 109 Å². The van der Waals surface area contributed by atoms with E-state index >= 15 is 0 Å². The Labute approximate surface area is 171 Å². The fraction of sp³-hybridized carbons (Fsp3) is 0.684. The second-order valence-electron chi connectivity index (χ2n) is 8.57.